The summed E-state index contributed by atoms with van der Waals surface area (Å²) in [6, 6.07) is 17.4. The first kappa shape index (κ1) is 15.6. The van der Waals surface area contributed by atoms with Crippen LogP contribution in [0.3, 0.4) is 0 Å². The molecule has 2 aromatic rings. The number of rotatable bonds is 2. The molecule has 0 amide bonds. The van der Waals surface area contributed by atoms with Crippen LogP contribution in [-0.4, -0.2) is 11.6 Å². The van der Waals surface area contributed by atoms with Crippen LogP contribution in [0.1, 0.15) is 34.6 Å². The summed E-state index contributed by atoms with van der Waals surface area (Å²) in [5, 5.41) is 0. The van der Waals surface area contributed by atoms with Crippen LogP contribution in [0.25, 0.3) is 0 Å². The predicted octanol–water partition coefficient (Wildman–Crippen LogP) is 2.41. The topological polar surface area (TPSA) is 34.1 Å². The Morgan fingerprint density at radius 3 is 1.65 bits per heavy atom. The molecule has 0 atom stereocenters. The molecule has 2 aromatic carbocycles. The molecule has 0 N–H and O–H groups in total. The molecule has 0 radical (unpaired) electrons. The molecule has 3 heteroatoms. The van der Waals surface area contributed by atoms with Gasteiger partial charge in [-0.2, -0.15) is 12.1 Å². The van der Waals surface area contributed by atoms with Gasteiger partial charge in [0.15, 0.2) is 0 Å². The molecular formula is C14H10FeO2-6. The van der Waals surface area contributed by atoms with Crippen LogP contribution in [0.4, 0.5) is 0 Å². The Kier molecular flexibility index (Phi) is 7.11. The van der Waals surface area contributed by atoms with Crippen LogP contribution >= 0.6 is 0 Å². The maximum Gasteiger partial charge on any atom is 0.105 e. The standard InChI is InChI=1S/C7H7O.C7H3O.Fe/c2*1-6(8)7-4-2-3-5-7;/h2-5H,1H3;1H3;/q-1;-5;. The van der Waals surface area contributed by atoms with Gasteiger partial charge in [-0.25, -0.2) is 12.1 Å². The third-order valence-electron chi connectivity index (χ3n) is 1.86. The molecule has 17 heavy (non-hydrogen) atoms. The van der Waals surface area contributed by atoms with Crippen molar-refractivity contribution in [3.63, 3.8) is 0 Å². The van der Waals surface area contributed by atoms with Crippen LogP contribution in [0.5, 0.6) is 0 Å². The van der Waals surface area contributed by atoms with Gasteiger partial charge in [-0.15, -0.1) is 6.92 Å². The van der Waals surface area contributed by atoms with E-state index >= 15 is 0 Å². The van der Waals surface area contributed by atoms with Gasteiger partial charge in [-0.05, 0) is 6.92 Å². The Morgan fingerprint density at radius 1 is 0.941 bits per heavy atom. The van der Waals surface area contributed by atoms with Crippen molar-refractivity contribution in [2.24, 2.45) is 0 Å². The summed E-state index contributed by atoms with van der Waals surface area (Å²) < 4.78 is 0. The third kappa shape index (κ3) is 5.43. The van der Waals surface area contributed by atoms with E-state index in [0.29, 0.717) is 5.56 Å². The van der Waals surface area contributed by atoms with Crippen molar-refractivity contribution in [3.8, 4) is 0 Å². The fourth-order valence-electron chi connectivity index (χ4n) is 1.00. The van der Waals surface area contributed by atoms with E-state index in [-0.39, 0.29) is 28.6 Å². The van der Waals surface area contributed by atoms with Gasteiger partial charge in [-0.1, -0.05) is 5.56 Å². The van der Waals surface area contributed by atoms with Crippen molar-refractivity contribution in [2.45, 2.75) is 13.8 Å². The molecule has 0 bridgehead atoms. The number of ketones is 2. The normalized spacial score (nSPS) is 8.59. The molecule has 0 aliphatic heterocycles. The predicted molar refractivity (Wildman–Crippen MR) is 59.4 cm³/mol. The monoisotopic (exact) mass is 266 g/mol. The van der Waals surface area contributed by atoms with Gasteiger partial charge in [0, 0.05) is 17.1 Å². The van der Waals surface area contributed by atoms with Crippen molar-refractivity contribution >= 4 is 11.6 Å². The quantitative estimate of drug-likeness (QED) is 0.475. The van der Waals surface area contributed by atoms with Crippen molar-refractivity contribution < 1.29 is 26.7 Å². The van der Waals surface area contributed by atoms with E-state index in [2.05, 4.69) is 24.3 Å². The molecule has 0 unspecified atom stereocenters. The van der Waals surface area contributed by atoms with Gasteiger partial charge in [0.1, 0.15) is 5.78 Å². The number of hydrogen-bond donors (Lipinski definition) is 0. The maximum atomic E-state index is 10.5. The first-order chi connectivity index (χ1) is 7.61. The molecule has 0 aliphatic rings. The average Bonchev–Trinajstić information content (AvgIpc) is 2.93. The molecule has 2 nitrogen and oxygen atoms in total. The van der Waals surface area contributed by atoms with Crippen molar-refractivity contribution in [2.75, 3.05) is 0 Å². The van der Waals surface area contributed by atoms with E-state index in [9.17, 15) is 9.59 Å². The van der Waals surface area contributed by atoms with E-state index < -0.39 is 0 Å². The number of carbonyl (C=O) groups is 2. The Balaban J connectivity index is 0.000000284. The Labute approximate surface area is 112 Å². The third-order valence-corrected chi connectivity index (χ3v) is 1.86. The fourth-order valence-corrected chi connectivity index (χ4v) is 1.00. The molecule has 0 aromatic heterocycles. The van der Waals surface area contributed by atoms with Crippen LogP contribution in [0, 0.1) is 24.3 Å². The van der Waals surface area contributed by atoms with Gasteiger partial charge >= 0.3 is 0 Å². The van der Waals surface area contributed by atoms with Crippen molar-refractivity contribution in [1.82, 2.24) is 0 Å². The largest absolute Gasteiger partial charge is 0.886 e. The van der Waals surface area contributed by atoms with E-state index in [4.69, 9.17) is 0 Å². The Hall–Kier alpha value is -1.44. The first-order valence-electron chi connectivity index (χ1n) is 4.74. The van der Waals surface area contributed by atoms with Crippen molar-refractivity contribution in [3.05, 3.63) is 59.7 Å². The number of hydrogen-bond acceptors (Lipinski definition) is 2. The zero-order valence-electron chi connectivity index (χ0n) is 9.48. The molecule has 92 valence electrons. The summed E-state index contributed by atoms with van der Waals surface area (Å²) >= 11 is 0. The molecule has 0 saturated heterocycles. The second-order valence-electron chi connectivity index (χ2n) is 3.16. The molecule has 0 heterocycles. The van der Waals surface area contributed by atoms with Crippen LogP contribution in [0.2, 0.25) is 0 Å². The minimum absolute atomic E-state index is 0. The Bertz CT molecular complexity index is 394. The van der Waals surface area contributed by atoms with E-state index in [1.54, 1.807) is 6.92 Å². The van der Waals surface area contributed by atoms with Gasteiger partial charge in [0.2, 0.25) is 0 Å². The second-order valence-corrected chi connectivity index (χ2v) is 3.16. The number of Topliss-reactive ketones (excluding diaryl/α,β-unsaturated/α-hetero) is 2. The SMILES string of the molecule is CC(=O)[c-]1[c-][c-][c-][c-]1.CC(=O)[c-]1cccc1.[Fe]. The molecular weight excluding hydrogens is 256 g/mol. The summed E-state index contributed by atoms with van der Waals surface area (Å²) in [5.41, 5.74) is 1.23. The summed E-state index contributed by atoms with van der Waals surface area (Å²) in [5.74, 6) is 0.0949. The van der Waals surface area contributed by atoms with E-state index in [1.165, 1.54) is 6.92 Å². The molecule has 2 rings (SSSR count). The van der Waals surface area contributed by atoms with Gasteiger partial charge in [0.25, 0.3) is 0 Å². The summed E-state index contributed by atoms with van der Waals surface area (Å²) in [6.45, 7) is 3.03. The first-order valence-corrected chi connectivity index (χ1v) is 4.74. The zero-order chi connectivity index (χ0) is 12.0. The Morgan fingerprint density at radius 2 is 1.41 bits per heavy atom. The fraction of sp³-hybridized carbons (Fsp3) is 0.143. The maximum absolute atomic E-state index is 10.5. The van der Waals surface area contributed by atoms with Crippen LogP contribution < -0.4 is 0 Å². The summed E-state index contributed by atoms with van der Waals surface area (Å²) in [4.78, 5) is 20.9. The second kappa shape index (κ2) is 7.77. The minimum Gasteiger partial charge on any atom is -0.886 e. The smallest absolute Gasteiger partial charge is 0.105 e. The van der Waals surface area contributed by atoms with Crippen LogP contribution in [0.15, 0.2) is 24.3 Å². The zero-order valence-corrected chi connectivity index (χ0v) is 10.6. The van der Waals surface area contributed by atoms with Gasteiger partial charge in [-0.3, -0.25) is 5.78 Å². The minimum atomic E-state index is -0.0394. The molecule has 0 saturated carbocycles. The van der Waals surface area contributed by atoms with E-state index in [1.807, 2.05) is 24.3 Å². The van der Waals surface area contributed by atoms with Gasteiger partial charge < -0.3 is 39.4 Å². The molecule has 0 spiro atoms. The summed E-state index contributed by atoms with van der Waals surface area (Å²) in [7, 11) is 0. The number of carbonyl (C=O) groups excluding carboxylic acids is 2. The molecule has 0 aliphatic carbocycles. The molecule has 0 fully saturated rings. The van der Waals surface area contributed by atoms with E-state index in [0.717, 1.165) is 5.56 Å². The van der Waals surface area contributed by atoms with Crippen LogP contribution in [-0.2, 0) is 17.1 Å². The average molecular weight is 266 g/mol. The van der Waals surface area contributed by atoms with Crippen molar-refractivity contribution in [1.29, 1.82) is 0 Å². The van der Waals surface area contributed by atoms with Gasteiger partial charge in [0.05, 0.1) is 0 Å². The summed E-state index contributed by atoms with van der Waals surface area (Å²) in [6.07, 6.45) is 0.